The number of likely N-dealkylation sites (N-methyl/N-ethyl adjacent to an activating group) is 2. The Balaban J connectivity index is 2.91. The fourth-order valence-electron chi connectivity index (χ4n) is 1.62. The summed E-state index contributed by atoms with van der Waals surface area (Å²) < 4.78 is 0. The van der Waals surface area contributed by atoms with Crippen LogP contribution >= 0.6 is 0 Å². The molecule has 1 aromatic rings. The van der Waals surface area contributed by atoms with Crippen LogP contribution in [0.2, 0.25) is 0 Å². The first-order valence-corrected chi connectivity index (χ1v) is 6.02. The summed E-state index contributed by atoms with van der Waals surface area (Å²) in [6.07, 6.45) is 0. The Kier molecular flexibility index (Phi) is 5.42. The zero-order chi connectivity index (χ0) is 15.3. The number of hydrogen-bond donors (Lipinski definition) is 2. The average molecular weight is 281 g/mol. The molecule has 0 aromatic heterocycles. The molecule has 0 atom stereocenters. The molecule has 20 heavy (non-hydrogen) atoms. The average Bonchev–Trinajstić information content (AvgIpc) is 2.42. The van der Waals surface area contributed by atoms with Gasteiger partial charge in [0.25, 0.3) is 11.6 Å². The number of anilines is 1. The standard InChI is InChI=1S/C12H19N5O3/c1-15(2)6-7-16(3)12(18)9-4-5-11(17(19)20)10(8-9)14-13/h4-5,8,14H,6-7,13H2,1-3H3. The first kappa shape index (κ1) is 15.9. The minimum absolute atomic E-state index is 0.113. The van der Waals surface area contributed by atoms with Crippen molar-refractivity contribution in [2.75, 3.05) is 39.7 Å². The van der Waals surface area contributed by atoms with Gasteiger partial charge in [-0.25, -0.2) is 0 Å². The number of rotatable bonds is 6. The minimum Gasteiger partial charge on any atom is -0.340 e. The molecule has 8 heteroatoms. The number of nitro benzene ring substituents is 1. The van der Waals surface area contributed by atoms with Crippen LogP contribution in [-0.2, 0) is 0 Å². The van der Waals surface area contributed by atoms with Gasteiger partial charge in [-0.05, 0) is 26.2 Å². The van der Waals surface area contributed by atoms with Crippen molar-refractivity contribution in [1.29, 1.82) is 0 Å². The van der Waals surface area contributed by atoms with E-state index < -0.39 is 4.92 Å². The molecule has 0 bridgehead atoms. The number of amides is 1. The Labute approximate surface area is 117 Å². The fraction of sp³-hybridized carbons (Fsp3) is 0.417. The lowest BCUT2D eigenvalue weighted by Crippen LogP contribution is -2.33. The summed E-state index contributed by atoms with van der Waals surface area (Å²) in [5.41, 5.74) is 2.54. The van der Waals surface area contributed by atoms with Gasteiger partial charge in [-0.1, -0.05) is 0 Å². The molecule has 0 spiro atoms. The molecule has 0 saturated heterocycles. The molecule has 110 valence electrons. The summed E-state index contributed by atoms with van der Waals surface area (Å²) in [4.78, 5) is 25.9. The number of nitrogen functional groups attached to an aromatic ring is 1. The van der Waals surface area contributed by atoms with Crippen LogP contribution in [0.5, 0.6) is 0 Å². The molecular weight excluding hydrogens is 262 g/mol. The highest BCUT2D eigenvalue weighted by molar-refractivity contribution is 5.95. The van der Waals surface area contributed by atoms with E-state index in [0.717, 1.165) is 6.54 Å². The van der Waals surface area contributed by atoms with E-state index in [-0.39, 0.29) is 17.3 Å². The van der Waals surface area contributed by atoms with Gasteiger partial charge in [-0.2, -0.15) is 0 Å². The van der Waals surface area contributed by atoms with Gasteiger partial charge in [-0.15, -0.1) is 0 Å². The van der Waals surface area contributed by atoms with Gasteiger partial charge in [0.2, 0.25) is 0 Å². The number of benzene rings is 1. The zero-order valence-corrected chi connectivity index (χ0v) is 11.8. The van der Waals surface area contributed by atoms with Crippen molar-refractivity contribution < 1.29 is 9.72 Å². The van der Waals surface area contributed by atoms with Crippen LogP contribution in [0.3, 0.4) is 0 Å². The molecule has 0 unspecified atom stereocenters. The van der Waals surface area contributed by atoms with Gasteiger partial charge >= 0.3 is 0 Å². The topological polar surface area (TPSA) is 105 Å². The van der Waals surface area contributed by atoms with Gasteiger partial charge in [0.15, 0.2) is 0 Å². The van der Waals surface area contributed by atoms with E-state index in [1.54, 1.807) is 11.9 Å². The first-order chi connectivity index (χ1) is 9.36. The number of nitrogens with one attached hydrogen (secondary N) is 1. The van der Waals surface area contributed by atoms with Crippen molar-refractivity contribution in [1.82, 2.24) is 9.80 Å². The van der Waals surface area contributed by atoms with E-state index in [1.807, 2.05) is 19.0 Å². The van der Waals surface area contributed by atoms with E-state index in [9.17, 15) is 14.9 Å². The van der Waals surface area contributed by atoms with Crippen molar-refractivity contribution in [3.05, 3.63) is 33.9 Å². The number of carbonyl (C=O) groups is 1. The Morgan fingerprint density at radius 2 is 2.00 bits per heavy atom. The van der Waals surface area contributed by atoms with Gasteiger partial charge in [-0.3, -0.25) is 20.8 Å². The van der Waals surface area contributed by atoms with Crippen molar-refractivity contribution in [2.45, 2.75) is 0 Å². The maximum Gasteiger partial charge on any atom is 0.293 e. The number of nitrogens with zero attached hydrogens (tertiary/aromatic N) is 3. The van der Waals surface area contributed by atoms with Crippen LogP contribution in [0.15, 0.2) is 18.2 Å². The molecule has 0 aliphatic heterocycles. The van der Waals surface area contributed by atoms with Crippen LogP contribution in [0, 0.1) is 10.1 Å². The van der Waals surface area contributed by atoms with Crippen LogP contribution in [0.25, 0.3) is 0 Å². The van der Waals surface area contributed by atoms with Gasteiger partial charge in [0.05, 0.1) is 4.92 Å². The van der Waals surface area contributed by atoms with E-state index in [1.165, 1.54) is 18.2 Å². The first-order valence-electron chi connectivity index (χ1n) is 6.02. The molecule has 1 aromatic carbocycles. The third kappa shape index (κ3) is 3.90. The molecule has 0 aliphatic carbocycles. The second kappa shape index (κ2) is 6.83. The van der Waals surface area contributed by atoms with Crippen LogP contribution in [-0.4, -0.2) is 54.9 Å². The number of carbonyl (C=O) groups excluding carboxylic acids is 1. The minimum atomic E-state index is -0.556. The molecule has 0 heterocycles. The summed E-state index contributed by atoms with van der Waals surface area (Å²) >= 11 is 0. The summed E-state index contributed by atoms with van der Waals surface area (Å²) in [7, 11) is 5.52. The van der Waals surface area contributed by atoms with Crippen molar-refractivity contribution in [3.63, 3.8) is 0 Å². The maximum atomic E-state index is 12.2. The van der Waals surface area contributed by atoms with Crippen molar-refractivity contribution in [2.24, 2.45) is 5.84 Å². The SMILES string of the molecule is CN(C)CCN(C)C(=O)c1ccc([N+](=O)[O-])c(NN)c1. The highest BCUT2D eigenvalue weighted by Crippen LogP contribution is 2.24. The third-order valence-electron chi connectivity index (χ3n) is 2.83. The molecule has 1 amide bonds. The van der Waals surface area contributed by atoms with Gasteiger partial charge < -0.3 is 15.2 Å². The van der Waals surface area contributed by atoms with E-state index in [2.05, 4.69) is 5.43 Å². The second-order valence-corrected chi connectivity index (χ2v) is 4.66. The smallest absolute Gasteiger partial charge is 0.293 e. The Bertz CT molecular complexity index is 504. The maximum absolute atomic E-state index is 12.2. The summed E-state index contributed by atoms with van der Waals surface area (Å²) in [5, 5.41) is 10.8. The molecule has 3 N–H and O–H groups in total. The van der Waals surface area contributed by atoms with E-state index in [0.29, 0.717) is 12.1 Å². The summed E-state index contributed by atoms with van der Waals surface area (Å²) in [6.45, 7) is 1.30. The predicted molar refractivity (Wildman–Crippen MR) is 76.4 cm³/mol. The van der Waals surface area contributed by atoms with Gasteiger partial charge in [0.1, 0.15) is 5.69 Å². The zero-order valence-electron chi connectivity index (χ0n) is 11.8. The number of nitrogens with two attached hydrogens (primary N) is 1. The molecule has 0 radical (unpaired) electrons. The van der Waals surface area contributed by atoms with Crippen LogP contribution < -0.4 is 11.3 Å². The molecule has 8 nitrogen and oxygen atoms in total. The van der Waals surface area contributed by atoms with E-state index in [4.69, 9.17) is 5.84 Å². The number of nitro groups is 1. The second-order valence-electron chi connectivity index (χ2n) is 4.66. The van der Waals surface area contributed by atoms with Gasteiger partial charge in [0, 0.05) is 31.8 Å². The fourth-order valence-corrected chi connectivity index (χ4v) is 1.62. The highest BCUT2D eigenvalue weighted by atomic mass is 16.6. The third-order valence-corrected chi connectivity index (χ3v) is 2.83. The van der Waals surface area contributed by atoms with Crippen molar-refractivity contribution in [3.8, 4) is 0 Å². The lowest BCUT2D eigenvalue weighted by Gasteiger charge is -2.20. The Hall–Kier alpha value is -2.19. The number of hydrogen-bond acceptors (Lipinski definition) is 6. The van der Waals surface area contributed by atoms with Crippen molar-refractivity contribution >= 4 is 17.3 Å². The molecule has 1 rings (SSSR count). The lowest BCUT2D eigenvalue weighted by atomic mass is 10.1. The lowest BCUT2D eigenvalue weighted by molar-refractivity contribution is -0.384. The van der Waals surface area contributed by atoms with Crippen LogP contribution in [0.1, 0.15) is 10.4 Å². The quantitative estimate of drug-likeness (QED) is 0.447. The normalized spacial score (nSPS) is 10.4. The summed E-state index contributed by atoms with van der Waals surface area (Å²) in [6, 6.07) is 4.07. The number of hydrazine groups is 1. The molecule has 0 fully saturated rings. The molecule has 0 aliphatic rings. The largest absolute Gasteiger partial charge is 0.340 e. The van der Waals surface area contributed by atoms with E-state index >= 15 is 0 Å². The molecular formula is C12H19N5O3. The Morgan fingerprint density at radius 1 is 1.35 bits per heavy atom. The summed E-state index contributed by atoms with van der Waals surface area (Å²) in [5.74, 6) is 5.04. The monoisotopic (exact) mass is 281 g/mol. The predicted octanol–water partition coefficient (Wildman–Crippen LogP) is 0.514. The Morgan fingerprint density at radius 3 is 2.50 bits per heavy atom. The molecule has 0 saturated carbocycles. The highest BCUT2D eigenvalue weighted by Gasteiger charge is 2.18. The van der Waals surface area contributed by atoms with Crippen LogP contribution in [0.4, 0.5) is 11.4 Å².